The summed E-state index contributed by atoms with van der Waals surface area (Å²) in [5, 5.41) is 0.659. The summed E-state index contributed by atoms with van der Waals surface area (Å²) in [6.07, 6.45) is 2.12. The molecule has 0 saturated carbocycles. The summed E-state index contributed by atoms with van der Waals surface area (Å²) >= 11 is 6.40. The van der Waals surface area contributed by atoms with Crippen LogP contribution in [0.25, 0.3) is 15.9 Å². The SMILES string of the molecule is [C-]#[N+]c1ccc(Cn2c(N3CCC[C@H](N)C3)nc3c(Cl)cccc32)cc1. The molecule has 0 aliphatic carbocycles. The minimum atomic E-state index is 0.172. The number of aromatic nitrogens is 2. The summed E-state index contributed by atoms with van der Waals surface area (Å²) < 4.78 is 2.20. The zero-order valence-electron chi connectivity index (χ0n) is 14.4. The molecule has 0 amide bonds. The van der Waals surface area contributed by atoms with Gasteiger partial charge < -0.3 is 15.2 Å². The van der Waals surface area contributed by atoms with Crippen LogP contribution in [0.3, 0.4) is 0 Å². The first-order valence-electron chi connectivity index (χ1n) is 8.77. The van der Waals surface area contributed by atoms with Crippen LogP contribution in [-0.4, -0.2) is 28.7 Å². The molecule has 0 bridgehead atoms. The highest BCUT2D eigenvalue weighted by atomic mass is 35.5. The Morgan fingerprint density at radius 1 is 1.23 bits per heavy atom. The van der Waals surface area contributed by atoms with Crippen LogP contribution >= 0.6 is 11.6 Å². The molecule has 2 aromatic carbocycles. The number of piperidine rings is 1. The van der Waals surface area contributed by atoms with E-state index in [0.717, 1.165) is 48.5 Å². The van der Waals surface area contributed by atoms with Gasteiger partial charge in [-0.15, -0.1) is 0 Å². The lowest BCUT2D eigenvalue weighted by atomic mass is 10.1. The fraction of sp³-hybridized carbons (Fsp3) is 0.300. The van der Waals surface area contributed by atoms with Gasteiger partial charge in [-0.05, 0) is 30.5 Å². The molecule has 1 fully saturated rings. The molecular weight excluding hydrogens is 346 g/mol. The highest BCUT2D eigenvalue weighted by Crippen LogP contribution is 2.30. The van der Waals surface area contributed by atoms with E-state index in [2.05, 4.69) is 20.4 Å². The van der Waals surface area contributed by atoms with E-state index >= 15 is 0 Å². The van der Waals surface area contributed by atoms with Gasteiger partial charge in [0.2, 0.25) is 5.95 Å². The Balaban J connectivity index is 1.78. The number of halogens is 1. The van der Waals surface area contributed by atoms with Gasteiger partial charge in [0.1, 0.15) is 5.52 Å². The lowest BCUT2D eigenvalue weighted by Crippen LogP contribution is -2.44. The van der Waals surface area contributed by atoms with Gasteiger partial charge in [0, 0.05) is 19.1 Å². The summed E-state index contributed by atoms with van der Waals surface area (Å²) in [4.78, 5) is 10.6. The predicted octanol–water partition coefficient (Wildman–Crippen LogP) is 4.22. The molecule has 0 unspecified atom stereocenters. The van der Waals surface area contributed by atoms with E-state index in [1.54, 1.807) is 0 Å². The summed E-state index contributed by atoms with van der Waals surface area (Å²) in [5.74, 6) is 0.914. The highest BCUT2D eigenvalue weighted by Gasteiger charge is 2.23. The van der Waals surface area contributed by atoms with Crippen LogP contribution < -0.4 is 10.6 Å². The van der Waals surface area contributed by atoms with Crippen molar-refractivity contribution in [2.75, 3.05) is 18.0 Å². The molecular formula is C20H20ClN5. The van der Waals surface area contributed by atoms with Crippen molar-refractivity contribution >= 4 is 34.3 Å². The number of benzene rings is 2. The molecule has 132 valence electrons. The van der Waals surface area contributed by atoms with E-state index in [1.165, 1.54) is 0 Å². The number of nitrogens with zero attached hydrogens (tertiary/aromatic N) is 4. The molecule has 3 aromatic rings. The van der Waals surface area contributed by atoms with Crippen molar-refractivity contribution in [3.63, 3.8) is 0 Å². The molecule has 4 rings (SSSR count). The van der Waals surface area contributed by atoms with E-state index in [-0.39, 0.29) is 6.04 Å². The number of imidazole rings is 1. The highest BCUT2D eigenvalue weighted by molar-refractivity contribution is 6.35. The Morgan fingerprint density at radius 3 is 2.77 bits per heavy atom. The summed E-state index contributed by atoms with van der Waals surface area (Å²) in [7, 11) is 0. The fourth-order valence-electron chi connectivity index (χ4n) is 3.55. The molecule has 0 radical (unpaired) electrons. The smallest absolute Gasteiger partial charge is 0.206 e. The van der Waals surface area contributed by atoms with Crippen molar-refractivity contribution in [2.45, 2.75) is 25.4 Å². The summed E-state index contributed by atoms with van der Waals surface area (Å²) in [5.41, 5.74) is 9.80. The molecule has 2 N–H and O–H groups in total. The van der Waals surface area contributed by atoms with Gasteiger partial charge in [0.25, 0.3) is 0 Å². The maximum Gasteiger partial charge on any atom is 0.206 e. The van der Waals surface area contributed by atoms with Crippen molar-refractivity contribution < 1.29 is 0 Å². The molecule has 1 atom stereocenters. The van der Waals surface area contributed by atoms with Gasteiger partial charge in [-0.3, -0.25) is 0 Å². The van der Waals surface area contributed by atoms with Gasteiger partial charge in [0.15, 0.2) is 5.69 Å². The fourth-order valence-corrected chi connectivity index (χ4v) is 3.76. The zero-order chi connectivity index (χ0) is 18.1. The molecule has 1 aliphatic rings. The molecule has 0 spiro atoms. The summed E-state index contributed by atoms with van der Waals surface area (Å²) in [6, 6.07) is 13.7. The van der Waals surface area contributed by atoms with Crippen molar-refractivity contribution in [2.24, 2.45) is 5.73 Å². The second kappa shape index (κ2) is 6.99. The lowest BCUT2D eigenvalue weighted by Gasteiger charge is -2.32. The first-order valence-corrected chi connectivity index (χ1v) is 9.15. The van der Waals surface area contributed by atoms with Crippen molar-refractivity contribution in [3.8, 4) is 0 Å². The topological polar surface area (TPSA) is 51.4 Å². The third-order valence-electron chi connectivity index (χ3n) is 4.86. The number of para-hydroxylation sites is 1. The normalized spacial score (nSPS) is 17.4. The van der Waals surface area contributed by atoms with Crippen LogP contribution in [0.2, 0.25) is 5.02 Å². The molecule has 1 aliphatic heterocycles. The average Bonchev–Trinajstić information content (AvgIpc) is 3.02. The third kappa shape index (κ3) is 3.14. The van der Waals surface area contributed by atoms with Crippen LogP contribution in [0.5, 0.6) is 0 Å². The zero-order valence-corrected chi connectivity index (χ0v) is 15.2. The maximum atomic E-state index is 7.11. The van der Waals surface area contributed by atoms with Gasteiger partial charge in [-0.25, -0.2) is 9.83 Å². The first-order chi connectivity index (χ1) is 12.7. The van der Waals surface area contributed by atoms with Gasteiger partial charge in [-0.2, -0.15) is 0 Å². The molecule has 1 saturated heterocycles. The minimum absolute atomic E-state index is 0.172. The van der Waals surface area contributed by atoms with E-state index in [4.69, 9.17) is 28.9 Å². The van der Waals surface area contributed by atoms with Gasteiger partial charge >= 0.3 is 0 Å². The number of hydrogen-bond acceptors (Lipinski definition) is 3. The Bertz CT molecular complexity index is 970. The number of nitrogens with two attached hydrogens (primary N) is 1. The molecule has 2 heterocycles. The predicted molar refractivity (Wildman–Crippen MR) is 106 cm³/mol. The van der Waals surface area contributed by atoms with E-state index in [1.807, 2.05) is 36.4 Å². The van der Waals surface area contributed by atoms with Crippen LogP contribution in [-0.2, 0) is 6.54 Å². The second-order valence-electron chi connectivity index (χ2n) is 6.73. The van der Waals surface area contributed by atoms with E-state index < -0.39 is 0 Å². The third-order valence-corrected chi connectivity index (χ3v) is 5.16. The number of anilines is 1. The quantitative estimate of drug-likeness (QED) is 0.707. The van der Waals surface area contributed by atoms with E-state index in [9.17, 15) is 0 Å². The summed E-state index contributed by atoms with van der Waals surface area (Å²) in [6.45, 7) is 9.54. The minimum Gasteiger partial charge on any atom is -0.341 e. The largest absolute Gasteiger partial charge is 0.341 e. The molecule has 1 aromatic heterocycles. The Hall–Kier alpha value is -2.55. The number of fused-ring (bicyclic) bond motifs is 1. The van der Waals surface area contributed by atoms with Crippen molar-refractivity contribution in [1.29, 1.82) is 0 Å². The Labute approximate surface area is 157 Å². The van der Waals surface area contributed by atoms with E-state index in [0.29, 0.717) is 17.3 Å². The van der Waals surface area contributed by atoms with Crippen LogP contribution in [0.15, 0.2) is 42.5 Å². The first kappa shape index (κ1) is 16.9. The van der Waals surface area contributed by atoms with Gasteiger partial charge in [0.05, 0.1) is 23.7 Å². The van der Waals surface area contributed by atoms with Crippen LogP contribution in [0.4, 0.5) is 11.6 Å². The number of rotatable bonds is 3. The van der Waals surface area contributed by atoms with Gasteiger partial charge in [-0.1, -0.05) is 41.9 Å². The molecule has 5 nitrogen and oxygen atoms in total. The monoisotopic (exact) mass is 365 g/mol. The molecule has 6 heteroatoms. The standard InChI is InChI=1S/C20H20ClN5/c1-23-16-9-7-14(8-10-16)12-26-18-6-2-5-17(21)19(18)24-20(26)25-11-3-4-15(22)13-25/h2,5-10,15H,3-4,11-13,22H2/t15-/m0/s1. The number of hydrogen-bond donors (Lipinski definition) is 1. The lowest BCUT2D eigenvalue weighted by molar-refractivity contribution is 0.495. The van der Waals surface area contributed by atoms with Crippen LogP contribution in [0, 0.1) is 6.57 Å². The van der Waals surface area contributed by atoms with Crippen molar-refractivity contribution in [3.05, 3.63) is 64.5 Å². The Morgan fingerprint density at radius 2 is 2.04 bits per heavy atom. The maximum absolute atomic E-state index is 7.11. The second-order valence-corrected chi connectivity index (χ2v) is 7.14. The van der Waals surface area contributed by atoms with Crippen LogP contribution in [0.1, 0.15) is 18.4 Å². The molecule has 26 heavy (non-hydrogen) atoms. The van der Waals surface area contributed by atoms with Crippen molar-refractivity contribution in [1.82, 2.24) is 9.55 Å². The Kier molecular flexibility index (Phi) is 4.54. The average molecular weight is 366 g/mol.